The molecule has 0 amide bonds. The molecule has 0 atom stereocenters. The van der Waals surface area contributed by atoms with Gasteiger partial charge in [0.05, 0.1) is 16.4 Å². The van der Waals surface area contributed by atoms with Gasteiger partial charge in [0.15, 0.2) is 0 Å². The van der Waals surface area contributed by atoms with Crippen LogP contribution in [0.3, 0.4) is 0 Å². The summed E-state index contributed by atoms with van der Waals surface area (Å²) in [7, 11) is 0. The van der Waals surface area contributed by atoms with Crippen LogP contribution in [0, 0.1) is 5.41 Å². The Morgan fingerprint density at radius 3 is 2.44 bits per heavy atom. The first-order valence-corrected chi connectivity index (χ1v) is 7.64. The van der Waals surface area contributed by atoms with Crippen LogP contribution in [0.25, 0.3) is 0 Å². The van der Waals surface area contributed by atoms with Crippen molar-refractivity contribution < 1.29 is 0 Å². The second-order valence-electron chi connectivity index (χ2n) is 5.77. The average molecular weight is 310 g/mol. The van der Waals surface area contributed by atoms with Crippen molar-refractivity contribution in [3.05, 3.63) is 16.7 Å². The lowest BCUT2D eigenvalue weighted by molar-refractivity contribution is 0.226. The summed E-state index contributed by atoms with van der Waals surface area (Å²) in [6.45, 7) is 2.27. The van der Waals surface area contributed by atoms with Crippen molar-refractivity contribution >= 4 is 27.4 Å². The molecule has 1 aliphatic carbocycles. The maximum Gasteiger partial charge on any atom is 0.143 e. The van der Waals surface area contributed by atoms with Gasteiger partial charge in [0.25, 0.3) is 0 Å². The van der Waals surface area contributed by atoms with Crippen molar-refractivity contribution in [1.29, 1.82) is 0 Å². The molecule has 2 N–H and O–H groups in total. The molecule has 3 nitrogen and oxygen atoms in total. The number of piperidine rings is 1. The normalized spacial score (nSPS) is 22.6. The molecule has 1 aromatic heterocycles. The molecule has 0 radical (unpaired) electrons. The van der Waals surface area contributed by atoms with E-state index in [9.17, 15) is 0 Å². The van der Waals surface area contributed by atoms with Crippen LogP contribution >= 0.6 is 15.9 Å². The summed E-state index contributed by atoms with van der Waals surface area (Å²) in [5, 5.41) is 0. The molecular formula is C14H20BrN3. The third-order valence-corrected chi connectivity index (χ3v) is 5.21. The van der Waals surface area contributed by atoms with E-state index in [0.29, 0.717) is 5.41 Å². The number of nitrogens with two attached hydrogens (primary N) is 1. The highest BCUT2D eigenvalue weighted by Crippen LogP contribution is 2.46. The first kappa shape index (κ1) is 12.3. The predicted molar refractivity (Wildman–Crippen MR) is 78.7 cm³/mol. The van der Waals surface area contributed by atoms with Gasteiger partial charge in [0, 0.05) is 13.1 Å². The highest BCUT2D eigenvalue weighted by atomic mass is 79.9. The van der Waals surface area contributed by atoms with Crippen molar-refractivity contribution in [2.45, 2.75) is 38.5 Å². The first-order valence-electron chi connectivity index (χ1n) is 6.85. The standard InChI is InChI=1S/C14H20BrN3/c15-12-9-11(16)10-17-13(12)18-7-5-14(6-8-18)3-1-2-4-14/h9-10H,1-8,16H2. The second-order valence-corrected chi connectivity index (χ2v) is 6.62. The zero-order valence-corrected chi connectivity index (χ0v) is 12.2. The van der Waals surface area contributed by atoms with E-state index in [1.807, 2.05) is 6.07 Å². The maximum absolute atomic E-state index is 5.74. The van der Waals surface area contributed by atoms with E-state index in [0.717, 1.165) is 29.1 Å². The minimum absolute atomic E-state index is 0.663. The van der Waals surface area contributed by atoms with Crippen molar-refractivity contribution in [3.8, 4) is 0 Å². The van der Waals surface area contributed by atoms with E-state index in [1.54, 1.807) is 6.20 Å². The fourth-order valence-electron chi connectivity index (χ4n) is 3.50. The summed E-state index contributed by atoms with van der Waals surface area (Å²) < 4.78 is 1.02. The Balaban J connectivity index is 1.72. The molecule has 1 spiro atoms. The fourth-order valence-corrected chi connectivity index (χ4v) is 4.11. The number of anilines is 2. The summed E-state index contributed by atoms with van der Waals surface area (Å²) >= 11 is 3.57. The molecule has 4 heteroatoms. The van der Waals surface area contributed by atoms with Crippen LogP contribution in [0.15, 0.2) is 16.7 Å². The lowest BCUT2D eigenvalue weighted by Gasteiger charge is -2.40. The molecule has 1 saturated heterocycles. The Morgan fingerprint density at radius 2 is 1.83 bits per heavy atom. The molecule has 18 heavy (non-hydrogen) atoms. The molecular weight excluding hydrogens is 290 g/mol. The minimum Gasteiger partial charge on any atom is -0.397 e. The molecule has 1 saturated carbocycles. The van der Waals surface area contributed by atoms with Crippen LogP contribution in [-0.2, 0) is 0 Å². The van der Waals surface area contributed by atoms with Gasteiger partial charge in [-0.3, -0.25) is 0 Å². The molecule has 1 aromatic rings. The summed E-state index contributed by atoms with van der Waals surface area (Å²) in [6.07, 6.45) is 10.2. The molecule has 2 heterocycles. The van der Waals surface area contributed by atoms with Gasteiger partial charge in [-0.05, 0) is 53.1 Å². The summed E-state index contributed by atoms with van der Waals surface area (Å²) in [4.78, 5) is 6.87. The van der Waals surface area contributed by atoms with E-state index in [2.05, 4.69) is 25.8 Å². The number of hydrogen-bond acceptors (Lipinski definition) is 3. The maximum atomic E-state index is 5.74. The number of nitrogens with zero attached hydrogens (tertiary/aromatic N) is 2. The van der Waals surface area contributed by atoms with Gasteiger partial charge in [-0.25, -0.2) is 4.98 Å². The molecule has 0 unspecified atom stereocenters. The van der Waals surface area contributed by atoms with Gasteiger partial charge >= 0.3 is 0 Å². The van der Waals surface area contributed by atoms with E-state index in [1.165, 1.54) is 38.5 Å². The number of rotatable bonds is 1. The monoisotopic (exact) mass is 309 g/mol. The molecule has 2 fully saturated rings. The zero-order valence-electron chi connectivity index (χ0n) is 10.7. The molecule has 2 aliphatic rings. The summed E-state index contributed by atoms with van der Waals surface area (Å²) in [5.74, 6) is 1.05. The Labute approximate surface area is 117 Å². The van der Waals surface area contributed by atoms with Gasteiger partial charge < -0.3 is 10.6 Å². The van der Waals surface area contributed by atoms with Crippen molar-refractivity contribution in [2.75, 3.05) is 23.7 Å². The smallest absolute Gasteiger partial charge is 0.143 e. The Morgan fingerprint density at radius 1 is 1.17 bits per heavy atom. The zero-order chi connectivity index (χ0) is 12.6. The predicted octanol–water partition coefficient (Wildman–Crippen LogP) is 3.59. The Hall–Kier alpha value is -0.770. The number of halogens is 1. The van der Waals surface area contributed by atoms with Crippen LogP contribution in [0.5, 0.6) is 0 Å². The minimum atomic E-state index is 0.663. The lowest BCUT2D eigenvalue weighted by Crippen LogP contribution is -2.39. The highest BCUT2D eigenvalue weighted by Gasteiger charge is 2.37. The van der Waals surface area contributed by atoms with Crippen molar-refractivity contribution in [3.63, 3.8) is 0 Å². The van der Waals surface area contributed by atoms with Crippen molar-refractivity contribution in [2.24, 2.45) is 5.41 Å². The summed E-state index contributed by atoms with van der Waals surface area (Å²) in [5.41, 5.74) is 7.12. The highest BCUT2D eigenvalue weighted by molar-refractivity contribution is 9.10. The third-order valence-electron chi connectivity index (χ3n) is 4.63. The molecule has 0 aromatic carbocycles. The van der Waals surface area contributed by atoms with Crippen LogP contribution in [0.1, 0.15) is 38.5 Å². The third kappa shape index (κ3) is 2.22. The van der Waals surface area contributed by atoms with Crippen LogP contribution in [0.2, 0.25) is 0 Å². The summed E-state index contributed by atoms with van der Waals surface area (Å²) in [6, 6.07) is 1.95. The number of hydrogen-bond donors (Lipinski definition) is 1. The van der Waals surface area contributed by atoms with E-state index >= 15 is 0 Å². The van der Waals surface area contributed by atoms with Gasteiger partial charge in [-0.1, -0.05) is 12.8 Å². The molecule has 3 rings (SSSR count). The van der Waals surface area contributed by atoms with Gasteiger partial charge in [0.1, 0.15) is 5.82 Å². The molecule has 1 aliphatic heterocycles. The first-order chi connectivity index (χ1) is 8.69. The number of nitrogen functional groups attached to an aromatic ring is 1. The van der Waals surface area contributed by atoms with Gasteiger partial charge in [-0.2, -0.15) is 0 Å². The Bertz CT molecular complexity index is 431. The average Bonchev–Trinajstić information content (AvgIpc) is 2.80. The van der Waals surface area contributed by atoms with E-state index in [-0.39, 0.29) is 0 Å². The van der Waals surface area contributed by atoms with Gasteiger partial charge in [0.2, 0.25) is 0 Å². The van der Waals surface area contributed by atoms with Gasteiger partial charge in [-0.15, -0.1) is 0 Å². The lowest BCUT2D eigenvalue weighted by atomic mass is 9.77. The van der Waals surface area contributed by atoms with E-state index < -0.39 is 0 Å². The SMILES string of the molecule is Nc1cnc(N2CCC3(CCCC3)CC2)c(Br)c1. The molecule has 0 bridgehead atoms. The number of pyridine rings is 1. The quantitative estimate of drug-likeness (QED) is 0.862. The van der Waals surface area contributed by atoms with Crippen LogP contribution in [0.4, 0.5) is 11.5 Å². The van der Waals surface area contributed by atoms with Crippen LogP contribution < -0.4 is 10.6 Å². The fraction of sp³-hybridized carbons (Fsp3) is 0.643. The number of aromatic nitrogens is 1. The Kier molecular flexibility index (Phi) is 3.22. The molecule has 98 valence electrons. The second kappa shape index (κ2) is 4.72. The largest absolute Gasteiger partial charge is 0.397 e. The van der Waals surface area contributed by atoms with Crippen LogP contribution in [-0.4, -0.2) is 18.1 Å². The van der Waals surface area contributed by atoms with Crippen molar-refractivity contribution in [1.82, 2.24) is 4.98 Å². The van der Waals surface area contributed by atoms with E-state index in [4.69, 9.17) is 5.73 Å². The topological polar surface area (TPSA) is 42.1 Å².